The summed E-state index contributed by atoms with van der Waals surface area (Å²) in [5, 5.41) is 14.7. The van der Waals surface area contributed by atoms with Gasteiger partial charge >= 0.3 is 0 Å². The van der Waals surface area contributed by atoms with Crippen molar-refractivity contribution in [2.45, 2.75) is 45.2 Å². The molecular formula is C23H26N6. The molecule has 6 nitrogen and oxygen atoms in total. The monoisotopic (exact) mass is 386 g/mol. The summed E-state index contributed by atoms with van der Waals surface area (Å²) in [4.78, 5) is 13.5. The maximum absolute atomic E-state index is 7.78. The molecule has 0 atom stereocenters. The van der Waals surface area contributed by atoms with E-state index in [1.165, 1.54) is 0 Å². The highest BCUT2D eigenvalue weighted by Gasteiger charge is 2.17. The third-order valence-corrected chi connectivity index (χ3v) is 5.27. The highest BCUT2D eigenvalue weighted by molar-refractivity contribution is 5.82. The van der Waals surface area contributed by atoms with Crippen molar-refractivity contribution in [3.63, 3.8) is 0 Å². The Morgan fingerprint density at radius 3 is 2.72 bits per heavy atom. The average molecular weight is 387 g/mol. The first-order chi connectivity index (χ1) is 14.2. The standard InChI is InChI=1S/C23H26N6/c1-16-13-26-23(28-19-9-7-18(24)8-10-19)12-20(16)21-5-2-6-22(29-21)27-15-17-4-3-11-25-14-17/h2-6,11-14,19,24H,7-10,15H2,1H3,(H,26,28)(H,27,29). The number of hydrogen-bond acceptors (Lipinski definition) is 6. The molecule has 0 aromatic carbocycles. The van der Waals surface area contributed by atoms with Crippen molar-refractivity contribution < 1.29 is 0 Å². The minimum Gasteiger partial charge on any atom is -0.367 e. The minimum atomic E-state index is 0.382. The topological polar surface area (TPSA) is 86.6 Å². The molecule has 1 aliphatic rings. The summed E-state index contributed by atoms with van der Waals surface area (Å²) >= 11 is 0. The Bertz CT molecular complexity index is 976. The predicted molar refractivity (Wildman–Crippen MR) is 117 cm³/mol. The summed E-state index contributed by atoms with van der Waals surface area (Å²) in [7, 11) is 0. The highest BCUT2D eigenvalue weighted by Crippen LogP contribution is 2.26. The summed E-state index contributed by atoms with van der Waals surface area (Å²) in [5.41, 5.74) is 5.08. The zero-order valence-electron chi connectivity index (χ0n) is 16.7. The smallest absolute Gasteiger partial charge is 0.126 e. The van der Waals surface area contributed by atoms with Gasteiger partial charge in [0.2, 0.25) is 0 Å². The van der Waals surface area contributed by atoms with Crippen LogP contribution in [0, 0.1) is 12.3 Å². The first-order valence-corrected chi connectivity index (χ1v) is 10.1. The van der Waals surface area contributed by atoms with E-state index in [2.05, 4.69) is 33.6 Å². The van der Waals surface area contributed by atoms with Crippen LogP contribution in [-0.2, 0) is 6.54 Å². The molecule has 0 amide bonds. The van der Waals surface area contributed by atoms with Gasteiger partial charge in [0, 0.05) is 42.5 Å². The zero-order chi connectivity index (χ0) is 20.1. The zero-order valence-corrected chi connectivity index (χ0v) is 16.7. The Morgan fingerprint density at radius 1 is 1.07 bits per heavy atom. The molecule has 3 heterocycles. The van der Waals surface area contributed by atoms with Crippen LogP contribution in [0.15, 0.2) is 55.0 Å². The van der Waals surface area contributed by atoms with E-state index in [4.69, 9.17) is 10.4 Å². The largest absolute Gasteiger partial charge is 0.367 e. The molecule has 1 aliphatic carbocycles. The van der Waals surface area contributed by atoms with Gasteiger partial charge in [0.05, 0.1) is 5.69 Å². The van der Waals surface area contributed by atoms with Crippen LogP contribution in [-0.4, -0.2) is 26.7 Å². The molecule has 0 radical (unpaired) electrons. The lowest BCUT2D eigenvalue weighted by molar-refractivity contribution is 0.588. The average Bonchev–Trinajstić information content (AvgIpc) is 2.76. The van der Waals surface area contributed by atoms with Crippen molar-refractivity contribution in [1.82, 2.24) is 15.0 Å². The number of nitrogens with one attached hydrogen (secondary N) is 3. The molecule has 3 aromatic rings. The summed E-state index contributed by atoms with van der Waals surface area (Å²) < 4.78 is 0. The molecule has 0 bridgehead atoms. The Labute approximate surface area is 171 Å². The molecule has 6 heteroatoms. The van der Waals surface area contributed by atoms with E-state index in [0.717, 1.165) is 65.4 Å². The van der Waals surface area contributed by atoms with E-state index in [1.54, 1.807) is 6.20 Å². The minimum absolute atomic E-state index is 0.382. The lowest BCUT2D eigenvalue weighted by Crippen LogP contribution is -2.26. The Balaban J connectivity index is 1.49. The second-order valence-electron chi connectivity index (χ2n) is 7.53. The fraction of sp³-hybridized carbons (Fsp3) is 0.304. The number of pyridine rings is 3. The molecule has 29 heavy (non-hydrogen) atoms. The summed E-state index contributed by atoms with van der Waals surface area (Å²) in [6, 6.07) is 12.5. The van der Waals surface area contributed by atoms with Gasteiger partial charge in [0.25, 0.3) is 0 Å². The van der Waals surface area contributed by atoms with Gasteiger partial charge in [-0.15, -0.1) is 0 Å². The Kier molecular flexibility index (Phi) is 5.79. The molecule has 3 aromatic heterocycles. The molecule has 1 fully saturated rings. The molecule has 0 aliphatic heterocycles. The fourth-order valence-electron chi connectivity index (χ4n) is 3.58. The lowest BCUT2D eigenvalue weighted by atomic mass is 9.94. The van der Waals surface area contributed by atoms with E-state index < -0.39 is 0 Å². The van der Waals surface area contributed by atoms with Crippen LogP contribution in [0.5, 0.6) is 0 Å². The van der Waals surface area contributed by atoms with Gasteiger partial charge in [0.1, 0.15) is 11.6 Å². The SMILES string of the molecule is Cc1cnc(NC2CCC(=N)CC2)cc1-c1cccc(NCc2cccnc2)n1. The molecule has 0 unspecified atom stereocenters. The Hall–Kier alpha value is -3.28. The van der Waals surface area contributed by atoms with Gasteiger partial charge in [-0.05, 0) is 68.0 Å². The number of aryl methyl sites for hydroxylation is 1. The Morgan fingerprint density at radius 2 is 1.93 bits per heavy atom. The van der Waals surface area contributed by atoms with E-state index in [9.17, 15) is 0 Å². The third kappa shape index (κ3) is 4.96. The fourth-order valence-corrected chi connectivity index (χ4v) is 3.58. The van der Waals surface area contributed by atoms with Crippen LogP contribution in [0.2, 0.25) is 0 Å². The molecule has 0 saturated heterocycles. The number of anilines is 2. The second-order valence-corrected chi connectivity index (χ2v) is 7.53. The molecule has 148 valence electrons. The van der Waals surface area contributed by atoms with Crippen molar-refractivity contribution >= 4 is 17.3 Å². The first-order valence-electron chi connectivity index (χ1n) is 10.1. The van der Waals surface area contributed by atoms with Crippen LogP contribution in [0.4, 0.5) is 11.6 Å². The molecule has 0 spiro atoms. The van der Waals surface area contributed by atoms with Gasteiger partial charge < -0.3 is 16.0 Å². The number of hydrogen-bond donors (Lipinski definition) is 3. The third-order valence-electron chi connectivity index (χ3n) is 5.27. The molecular weight excluding hydrogens is 360 g/mol. The first kappa shape index (κ1) is 19.1. The maximum atomic E-state index is 7.78. The van der Waals surface area contributed by atoms with Crippen LogP contribution >= 0.6 is 0 Å². The van der Waals surface area contributed by atoms with Gasteiger partial charge in [-0.2, -0.15) is 0 Å². The normalized spacial score (nSPS) is 16.4. The van der Waals surface area contributed by atoms with Gasteiger partial charge in [0.15, 0.2) is 0 Å². The number of rotatable bonds is 6. The van der Waals surface area contributed by atoms with Crippen LogP contribution < -0.4 is 10.6 Å². The highest BCUT2D eigenvalue weighted by atomic mass is 15.0. The van der Waals surface area contributed by atoms with E-state index in [-0.39, 0.29) is 0 Å². The predicted octanol–water partition coefficient (Wildman–Crippen LogP) is 4.83. The second kappa shape index (κ2) is 8.82. The van der Waals surface area contributed by atoms with Crippen molar-refractivity contribution in [3.05, 3.63) is 66.1 Å². The number of aromatic nitrogens is 3. The van der Waals surface area contributed by atoms with E-state index >= 15 is 0 Å². The van der Waals surface area contributed by atoms with Crippen molar-refractivity contribution in [2.75, 3.05) is 10.6 Å². The van der Waals surface area contributed by atoms with E-state index in [1.807, 2.05) is 42.7 Å². The summed E-state index contributed by atoms with van der Waals surface area (Å²) in [6.07, 6.45) is 9.28. The van der Waals surface area contributed by atoms with Crippen LogP contribution in [0.25, 0.3) is 11.3 Å². The van der Waals surface area contributed by atoms with Crippen LogP contribution in [0.1, 0.15) is 36.8 Å². The molecule has 3 N–H and O–H groups in total. The van der Waals surface area contributed by atoms with Gasteiger partial charge in [-0.25, -0.2) is 9.97 Å². The molecule has 1 saturated carbocycles. The maximum Gasteiger partial charge on any atom is 0.126 e. The van der Waals surface area contributed by atoms with Gasteiger partial charge in [-0.3, -0.25) is 4.98 Å². The van der Waals surface area contributed by atoms with E-state index in [0.29, 0.717) is 12.6 Å². The van der Waals surface area contributed by atoms with Crippen molar-refractivity contribution in [2.24, 2.45) is 0 Å². The van der Waals surface area contributed by atoms with Crippen molar-refractivity contribution in [1.29, 1.82) is 5.41 Å². The van der Waals surface area contributed by atoms with Crippen molar-refractivity contribution in [3.8, 4) is 11.3 Å². The van der Waals surface area contributed by atoms with Gasteiger partial charge in [-0.1, -0.05) is 12.1 Å². The number of nitrogens with zero attached hydrogens (tertiary/aromatic N) is 3. The molecule has 4 rings (SSSR count). The quantitative estimate of drug-likeness (QED) is 0.565. The van der Waals surface area contributed by atoms with Crippen LogP contribution in [0.3, 0.4) is 0 Å². The summed E-state index contributed by atoms with van der Waals surface area (Å²) in [5.74, 6) is 1.71. The summed E-state index contributed by atoms with van der Waals surface area (Å²) in [6.45, 7) is 2.74. The lowest BCUT2D eigenvalue weighted by Gasteiger charge is -2.24.